The van der Waals surface area contributed by atoms with Crippen LogP contribution in [-0.2, 0) is 23.5 Å². The van der Waals surface area contributed by atoms with Crippen LogP contribution in [0.1, 0.15) is 55.7 Å². The highest BCUT2D eigenvalue weighted by Crippen LogP contribution is 2.45. The fourth-order valence-electron chi connectivity index (χ4n) is 4.70. The number of hydrogen-bond acceptors (Lipinski definition) is 3. The first-order valence-corrected chi connectivity index (χ1v) is 11.1. The zero-order valence-electron chi connectivity index (χ0n) is 19.9. The van der Waals surface area contributed by atoms with Gasteiger partial charge in [0.15, 0.2) is 0 Å². The van der Waals surface area contributed by atoms with Crippen molar-refractivity contribution < 1.29 is 40.6 Å². The van der Waals surface area contributed by atoms with Crippen molar-refractivity contribution in [2.75, 3.05) is 12.4 Å². The van der Waals surface area contributed by atoms with Crippen molar-refractivity contribution in [1.82, 2.24) is 4.57 Å². The zero-order valence-corrected chi connectivity index (χ0v) is 19.9. The zero-order chi connectivity index (χ0) is 26.6. The first-order chi connectivity index (χ1) is 16.7. The second-order valence-corrected chi connectivity index (χ2v) is 9.23. The number of fused-ring (bicyclic) bond motifs is 3. The van der Waals surface area contributed by atoms with E-state index in [1.807, 2.05) is 20.8 Å². The van der Waals surface area contributed by atoms with Crippen LogP contribution >= 0.6 is 0 Å². The molecule has 0 fully saturated rings. The van der Waals surface area contributed by atoms with Gasteiger partial charge in [-0.05, 0) is 56.2 Å². The molecular weight excluding hydrogens is 490 g/mol. The van der Waals surface area contributed by atoms with Gasteiger partial charge in [0.2, 0.25) is 0 Å². The molecule has 0 radical (unpaired) electrons. The van der Waals surface area contributed by atoms with E-state index in [4.69, 9.17) is 9.47 Å². The highest BCUT2D eigenvalue weighted by atomic mass is 19.4. The van der Waals surface area contributed by atoms with Gasteiger partial charge >= 0.3 is 18.4 Å². The topological polar surface area (TPSA) is 52.5 Å². The number of methoxy groups -OCH3 is 1. The maximum atomic E-state index is 13.5. The second kappa shape index (κ2) is 8.72. The third-order valence-corrected chi connectivity index (χ3v) is 6.10. The van der Waals surface area contributed by atoms with E-state index < -0.39 is 46.9 Å². The Bertz CT molecular complexity index is 1290. The van der Waals surface area contributed by atoms with Crippen LogP contribution in [0.25, 0.3) is 10.9 Å². The van der Waals surface area contributed by atoms with Gasteiger partial charge in [0, 0.05) is 17.5 Å². The summed E-state index contributed by atoms with van der Waals surface area (Å²) in [7, 11) is 1.47. The Hall–Kier alpha value is -3.21. The second-order valence-electron chi connectivity index (χ2n) is 9.23. The molecule has 0 saturated heterocycles. The minimum absolute atomic E-state index is 0.0104. The first-order valence-electron chi connectivity index (χ1n) is 11.1. The third-order valence-electron chi connectivity index (χ3n) is 6.10. The SMILES string of the molecule is CCC1OC(C)(C)Cc2c1n(C(=O)Nc1cc(C(F)(F)F)cc(C(F)(F)F)c1)c1cccc(OC)c21. The highest BCUT2D eigenvalue weighted by Gasteiger charge is 2.40. The molecule has 0 bridgehead atoms. The van der Waals surface area contributed by atoms with Crippen LogP contribution < -0.4 is 10.1 Å². The van der Waals surface area contributed by atoms with Crippen LogP contribution in [0.2, 0.25) is 0 Å². The number of aromatic nitrogens is 1. The molecule has 1 atom stereocenters. The Morgan fingerprint density at radius 1 is 1.11 bits per heavy atom. The van der Waals surface area contributed by atoms with Crippen LogP contribution in [0.4, 0.5) is 36.8 Å². The number of carbonyl (C=O) groups excluding carboxylic acids is 1. The molecule has 2 heterocycles. The van der Waals surface area contributed by atoms with E-state index in [0.717, 1.165) is 5.56 Å². The van der Waals surface area contributed by atoms with E-state index in [1.165, 1.54) is 11.7 Å². The van der Waals surface area contributed by atoms with E-state index in [0.29, 0.717) is 47.3 Å². The minimum atomic E-state index is -5.04. The number of alkyl halides is 6. The lowest BCUT2D eigenvalue weighted by Crippen LogP contribution is -2.36. The largest absolute Gasteiger partial charge is 0.496 e. The molecule has 2 aromatic carbocycles. The van der Waals surface area contributed by atoms with E-state index in [1.54, 1.807) is 18.2 Å². The standard InChI is InChI=1S/C25H24F6N2O3/c1-5-18-21-16(12-23(2,3)36-18)20-17(7-6-8-19(20)35-4)33(21)22(34)32-15-10-13(24(26,27)28)9-14(11-15)25(29,30)31/h6-11,18H,5,12H2,1-4H3,(H,32,34). The van der Waals surface area contributed by atoms with E-state index >= 15 is 0 Å². The van der Waals surface area contributed by atoms with Crippen molar-refractivity contribution in [3.05, 3.63) is 58.8 Å². The molecule has 11 heteroatoms. The van der Waals surface area contributed by atoms with Crippen molar-refractivity contribution in [2.45, 2.75) is 57.7 Å². The van der Waals surface area contributed by atoms with Crippen LogP contribution in [-0.4, -0.2) is 23.3 Å². The summed E-state index contributed by atoms with van der Waals surface area (Å²) < 4.78 is 92.9. The smallest absolute Gasteiger partial charge is 0.416 e. The van der Waals surface area contributed by atoms with Crippen molar-refractivity contribution in [2.24, 2.45) is 0 Å². The lowest BCUT2D eigenvalue weighted by atomic mass is 9.90. The van der Waals surface area contributed by atoms with E-state index in [-0.39, 0.29) is 6.07 Å². The molecule has 1 amide bonds. The monoisotopic (exact) mass is 514 g/mol. The summed E-state index contributed by atoms with van der Waals surface area (Å²) in [6.45, 7) is 5.66. The van der Waals surface area contributed by atoms with E-state index in [9.17, 15) is 31.1 Å². The predicted molar refractivity (Wildman–Crippen MR) is 121 cm³/mol. The summed E-state index contributed by atoms with van der Waals surface area (Å²) in [4.78, 5) is 13.5. The number of nitrogens with one attached hydrogen (secondary N) is 1. The Labute approximate surface area is 203 Å². The van der Waals surface area contributed by atoms with Gasteiger partial charge in [0.1, 0.15) is 5.75 Å². The van der Waals surface area contributed by atoms with Gasteiger partial charge < -0.3 is 14.8 Å². The molecule has 4 rings (SSSR count). The fraction of sp³-hybridized carbons (Fsp3) is 0.400. The van der Waals surface area contributed by atoms with Gasteiger partial charge in [-0.2, -0.15) is 26.3 Å². The van der Waals surface area contributed by atoms with Gasteiger partial charge in [-0.25, -0.2) is 4.79 Å². The fourth-order valence-corrected chi connectivity index (χ4v) is 4.70. The maximum Gasteiger partial charge on any atom is 0.416 e. The number of halogens is 6. The normalized spacial score (nSPS) is 17.7. The number of benzene rings is 2. The van der Waals surface area contributed by atoms with Crippen molar-refractivity contribution in [3.8, 4) is 5.75 Å². The lowest BCUT2D eigenvalue weighted by Gasteiger charge is -2.36. The summed E-state index contributed by atoms with van der Waals surface area (Å²) in [5, 5.41) is 2.88. The van der Waals surface area contributed by atoms with Crippen molar-refractivity contribution in [1.29, 1.82) is 0 Å². The number of anilines is 1. The molecule has 1 aromatic heterocycles. The Balaban J connectivity index is 1.90. The lowest BCUT2D eigenvalue weighted by molar-refractivity contribution is -0.143. The molecule has 0 saturated carbocycles. The average molecular weight is 514 g/mol. The molecule has 1 N–H and O–H groups in total. The quantitative estimate of drug-likeness (QED) is 0.367. The molecule has 5 nitrogen and oxygen atoms in total. The van der Waals surface area contributed by atoms with Crippen LogP contribution in [0.15, 0.2) is 36.4 Å². The summed E-state index contributed by atoms with van der Waals surface area (Å²) in [6.07, 6.45) is -9.74. The molecule has 1 unspecified atom stereocenters. The molecule has 194 valence electrons. The summed E-state index contributed by atoms with van der Waals surface area (Å²) in [6, 6.07) is 5.06. The average Bonchev–Trinajstić information content (AvgIpc) is 3.10. The number of rotatable bonds is 3. The minimum Gasteiger partial charge on any atom is -0.496 e. The Morgan fingerprint density at radius 3 is 2.25 bits per heavy atom. The summed E-state index contributed by atoms with van der Waals surface area (Å²) >= 11 is 0. The number of hydrogen-bond donors (Lipinski definition) is 1. The number of nitrogens with zero attached hydrogens (tertiary/aromatic N) is 1. The summed E-state index contributed by atoms with van der Waals surface area (Å²) in [5.74, 6) is 0.487. The van der Waals surface area contributed by atoms with Crippen LogP contribution in [0.3, 0.4) is 0 Å². The molecule has 3 aromatic rings. The molecule has 0 aliphatic carbocycles. The molecule has 1 aliphatic rings. The van der Waals surface area contributed by atoms with Gasteiger partial charge in [0.05, 0.1) is 41.2 Å². The third kappa shape index (κ3) is 4.63. The molecule has 1 aliphatic heterocycles. The van der Waals surface area contributed by atoms with Gasteiger partial charge in [-0.15, -0.1) is 0 Å². The number of ether oxygens (including phenoxy) is 2. The van der Waals surface area contributed by atoms with Crippen LogP contribution in [0, 0.1) is 0 Å². The molecular formula is C25H24F6N2O3. The first kappa shape index (κ1) is 25.9. The number of amides is 1. The van der Waals surface area contributed by atoms with Crippen molar-refractivity contribution in [3.63, 3.8) is 0 Å². The van der Waals surface area contributed by atoms with Gasteiger partial charge in [0.25, 0.3) is 0 Å². The Kier molecular flexibility index (Phi) is 6.27. The van der Waals surface area contributed by atoms with Crippen LogP contribution in [0.5, 0.6) is 5.75 Å². The van der Waals surface area contributed by atoms with E-state index in [2.05, 4.69) is 5.32 Å². The molecule has 36 heavy (non-hydrogen) atoms. The highest BCUT2D eigenvalue weighted by molar-refractivity contribution is 6.03. The number of carbonyl (C=O) groups is 1. The Morgan fingerprint density at radius 2 is 1.72 bits per heavy atom. The molecule has 0 spiro atoms. The predicted octanol–water partition coefficient (Wildman–Crippen LogP) is 7.57. The van der Waals surface area contributed by atoms with Gasteiger partial charge in [-0.3, -0.25) is 4.57 Å². The summed E-state index contributed by atoms with van der Waals surface area (Å²) in [5.41, 5.74) is -2.59. The van der Waals surface area contributed by atoms with Crippen molar-refractivity contribution >= 4 is 22.6 Å². The van der Waals surface area contributed by atoms with Gasteiger partial charge in [-0.1, -0.05) is 13.0 Å². The maximum absolute atomic E-state index is 13.5.